The number of esters is 1. The second-order valence-corrected chi connectivity index (χ2v) is 24.0. The average Bonchev–Trinajstić information content (AvgIpc) is 2.87. The van der Waals surface area contributed by atoms with E-state index in [1.165, 1.54) is 37.5 Å². The van der Waals surface area contributed by atoms with Gasteiger partial charge < -0.3 is 13.6 Å². The molecule has 1 aromatic rings. The van der Waals surface area contributed by atoms with Gasteiger partial charge in [0.15, 0.2) is 14.1 Å². The largest absolute Gasteiger partial charge is 0.539 e. The number of allylic oxidation sites excluding steroid dienone is 2. The van der Waals surface area contributed by atoms with Gasteiger partial charge in [0.25, 0.3) is 8.32 Å². The zero-order valence-electron chi connectivity index (χ0n) is 28.6. The van der Waals surface area contributed by atoms with Crippen molar-refractivity contribution in [1.29, 1.82) is 0 Å². The molecule has 0 saturated carbocycles. The third kappa shape index (κ3) is 13.0. The van der Waals surface area contributed by atoms with Gasteiger partial charge in [-0.2, -0.15) is 0 Å². The molecule has 0 amide bonds. The molecule has 1 rings (SSSR count). The Morgan fingerprint density at radius 2 is 1.41 bits per heavy atom. The van der Waals surface area contributed by atoms with Gasteiger partial charge in [-0.05, 0) is 98.4 Å². The number of hydrogen-bond donors (Lipinski definition) is 0. The van der Waals surface area contributed by atoms with Crippen LogP contribution in [0.5, 0.6) is 0 Å². The second-order valence-electron chi connectivity index (χ2n) is 14.5. The van der Waals surface area contributed by atoms with Crippen molar-refractivity contribution in [3.8, 4) is 0 Å². The Bertz CT molecular complexity index is 963. The van der Waals surface area contributed by atoms with E-state index in [4.69, 9.17) is 13.6 Å². The normalized spacial score (nSPS) is 14.4. The van der Waals surface area contributed by atoms with Crippen LogP contribution in [0, 0.1) is 0 Å². The van der Waals surface area contributed by atoms with E-state index in [2.05, 4.69) is 111 Å². The first kappa shape index (κ1) is 37.4. The van der Waals surface area contributed by atoms with E-state index in [1.807, 2.05) is 6.08 Å². The minimum atomic E-state index is -2.11. The van der Waals surface area contributed by atoms with Crippen LogP contribution in [0.4, 0.5) is 0 Å². The highest BCUT2D eigenvalue weighted by Crippen LogP contribution is 2.41. The Labute approximate surface area is 255 Å². The summed E-state index contributed by atoms with van der Waals surface area (Å²) in [4.78, 5) is 12.3. The lowest BCUT2D eigenvalue weighted by atomic mass is 10.0. The summed E-state index contributed by atoms with van der Waals surface area (Å²) < 4.78 is 18.2. The smallest absolute Gasteiger partial charge is 0.371 e. The maximum atomic E-state index is 12.3. The van der Waals surface area contributed by atoms with Crippen LogP contribution in [0.3, 0.4) is 0 Å². The summed E-state index contributed by atoms with van der Waals surface area (Å²) in [6.45, 7) is 24.7. The van der Waals surface area contributed by atoms with Gasteiger partial charge in [-0.3, -0.25) is 0 Å². The number of rotatable bonds is 17. The van der Waals surface area contributed by atoms with Gasteiger partial charge in [0.1, 0.15) is 0 Å². The van der Waals surface area contributed by atoms with Crippen LogP contribution in [0.1, 0.15) is 117 Å². The van der Waals surface area contributed by atoms with Crippen molar-refractivity contribution in [3.63, 3.8) is 0 Å². The van der Waals surface area contributed by atoms with Crippen molar-refractivity contribution in [1.82, 2.24) is 0 Å². The molecular formula is C35H62O4Si2. The molecule has 6 heteroatoms. The maximum absolute atomic E-state index is 12.3. The Morgan fingerprint density at radius 3 is 1.95 bits per heavy atom. The SMILES string of the molecule is CCCCC/C=C\CC(O[Si](C)(C)C(C)(C)C)c1ccc(CCCCC=C(O[Si](C)(C)C(C)(C)C)C(=O)OC)cc1. The van der Waals surface area contributed by atoms with Gasteiger partial charge in [0.2, 0.25) is 0 Å². The number of carbonyl (C=O) groups excluding carboxylic acids is 1. The summed E-state index contributed by atoms with van der Waals surface area (Å²) in [5.41, 5.74) is 2.61. The topological polar surface area (TPSA) is 44.8 Å². The van der Waals surface area contributed by atoms with E-state index in [0.29, 0.717) is 5.76 Å². The molecule has 1 unspecified atom stereocenters. The summed E-state index contributed by atoms with van der Waals surface area (Å²) in [5.74, 6) is -0.00804. The minimum absolute atomic E-state index is 0.0198. The molecule has 0 spiro atoms. The number of hydrogen-bond acceptors (Lipinski definition) is 4. The molecule has 0 aliphatic heterocycles. The van der Waals surface area contributed by atoms with E-state index < -0.39 is 16.6 Å². The molecule has 4 nitrogen and oxygen atoms in total. The molecule has 1 atom stereocenters. The average molecular weight is 603 g/mol. The quantitative estimate of drug-likeness (QED) is 0.0444. The third-order valence-corrected chi connectivity index (χ3v) is 17.7. The molecular weight excluding hydrogens is 541 g/mol. The van der Waals surface area contributed by atoms with Gasteiger partial charge in [0.05, 0.1) is 13.2 Å². The lowest BCUT2D eigenvalue weighted by Gasteiger charge is -2.39. The van der Waals surface area contributed by atoms with Gasteiger partial charge in [-0.25, -0.2) is 4.79 Å². The second kappa shape index (κ2) is 16.9. The zero-order chi connectivity index (χ0) is 31.3. The Hall–Kier alpha value is -1.64. The zero-order valence-corrected chi connectivity index (χ0v) is 30.6. The minimum Gasteiger partial charge on any atom is -0.539 e. The molecule has 0 heterocycles. The first-order valence-electron chi connectivity index (χ1n) is 15.8. The van der Waals surface area contributed by atoms with Crippen molar-refractivity contribution < 1.29 is 18.4 Å². The van der Waals surface area contributed by atoms with Crippen LogP contribution in [0.15, 0.2) is 48.3 Å². The monoisotopic (exact) mass is 602 g/mol. The first-order valence-corrected chi connectivity index (χ1v) is 21.7. The van der Waals surface area contributed by atoms with E-state index in [0.717, 1.165) is 38.5 Å². The molecule has 0 N–H and O–H groups in total. The molecule has 0 aliphatic rings. The van der Waals surface area contributed by atoms with Gasteiger partial charge in [-0.15, -0.1) is 0 Å². The van der Waals surface area contributed by atoms with Crippen molar-refractivity contribution in [2.75, 3.05) is 7.11 Å². The number of ether oxygens (including phenoxy) is 1. The van der Waals surface area contributed by atoms with Crippen molar-refractivity contribution in [2.24, 2.45) is 0 Å². The van der Waals surface area contributed by atoms with E-state index >= 15 is 0 Å². The number of unbranched alkanes of at least 4 members (excludes halogenated alkanes) is 5. The highest BCUT2D eigenvalue weighted by atomic mass is 28.4. The Morgan fingerprint density at radius 1 is 0.829 bits per heavy atom. The maximum Gasteiger partial charge on any atom is 0.371 e. The number of methoxy groups -OCH3 is 1. The number of aryl methyl sites for hydroxylation is 1. The number of benzene rings is 1. The molecule has 0 aliphatic carbocycles. The molecule has 0 radical (unpaired) electrons. The highest BCUT2D eigenvalue weighted by Gasteiger charge is 2.41. The Kier molecular flexibility index (Phi) is 15.4. The highest BCUT2D eigenvalue weighted by molar-refractivity contribution is 6.74. The fourth-order valence-electron chi connectivity index (χ4n) is 3.94. The molecule has 41 heavy (non-hydrogen) atoms. The van der Waals surface area contributed by atoms with Gasteiger partial charge >= 0.3 is 5.97 Å². The van der Waals surface area contributed by atoms with Gasteiger partial charge in [-0.1, -0.05) is 97.7 Å². The van der Waals surface area contributed by atoms with Crippen LogP contribution >= 0.6 is 0 Å². The fourth-order valence-corrected chi connectivity index (χ4v) is 6.26. The van der Waals surface area contributed by atoms with Crippen LogP contribution in [-0.4, -0.2) is 29.7 Å². The van der Waals surface area contributed by atoms with Crippen LogP contribution in [-0.2, 0) is 24.8 Å². The van der Waals surface area contributed by atoms with E-state index in [9.17, 15) is 4.79 Å². The molecule has 0 bridgehead atoms. The molecule has 1 aromatic carbocycles. The molecule has 0 fully saturated rings. The molecule has 0 aromatic heterocycles. The summed E-state index contributed by atoms with van der Waals surface area (Å²) in [6, 6.07) is 9.05. The van der Waals surface area contributed by atoms with E-state index in [-0.39, 0.29) is 22.1 Å². The number of carbonyl (C=O) groups is 1. The summed E-state index contributed by atoms with van der Waals surface area (Å²) >= 11 is 0. The molecule has 0 saturated heterocycles. The van der Waals surface area contributed by atoms with Crippen LogP contribution in [0.2, 0.25) is 36.3 Å². The lowest BCUT2D eigenvalue weighted by molar-refractivity contribution is -0.138. The predicted octanol–water partition coefficient (Wildman–Crippen LogP) is 11.1. The van der Waals surface area contributed by atoms with Gasteiger partial charge in [0, 0.05) is 0 Å². The van der Waals surface area contributed by atoms with Crippen molar-refractivity contribution in [3.05, 3.63) is 59.4 Å². The van der Waals surface area contributed by atoms with E-state index in [1.54, 1.807) is 0 Å². The standard InChI is InChI=1S/C35H62O4Si2/c1-13-14-15-16-17-20-23-31(38-40(9,10)34(2,3)4)30-27-25-29(26-28-30)22-19-18-21-24-32(33(36)37-8)39-41(11,12)35(5,6)7/h17,20,24-28,31H,13-16,18-19,21-23H2,1-12H3/b20-17-,32-24?. The lowest BCUT2D eigenvalue weighted by Crippen LogP contribution is -2.41. The van der Waals surface area contributed by atoms with Crippen molar-refractivity contribution in [2.45, 2.75) is 149 Å². The van der Waals surface area contributed by atoms with Crippen LogP contribution in [0.25, 0.3) is 0 Å². The third-order valence-electron chi connectivity index (χ3n) is 8.89. The summed E-state index contributed by atoms with van der Waals surface area (Å²) in [6.07, 6.45) is 16.4. The summed E-state index contributed by atoms with van der Waals surface area (Å²) in [7, 11) is -2.59. The fraction of sp³-hybridized carbons (Fsp3) is 0.686. The molecule has 234 valence electrons. The van der Waals surface area contributed by atoms with Crippen molar-refractivity contribution >= 4 is 22.6 Å². The van der Waals surface area contributed by atoms with Crippen LogP contribution < -0.4 is 0 Å². The summed E-state index contributed by atoms with van der Waals surface area (Å²) in [5, 5.41) is 0.194. The first-order chi connectivity index (χ1) is 18.9. The Balaban J connectivity index is 2.83. The predicted molar refractivity (Wildman–Crippen MR) is 181 cm³/mol.